The normalized spacial score (nSPS) is 10.5. The Morgan fingerprint density at radius 1 is 1.11 bits per heavy atom. The van der Waals surface area contributed by atoms with Crippen molar-refractivity contribution in [3.05, 3.63) is 58.6 Å². The third-order valence-electron chi connectivity index (χ3n) is 2.58. The lowest BCUT2D eigenvalue weighted by Gasteiger charge is -2.12. The summed E-state index contributed by atoms with van der Waals surface area (Å²) >= 11 is 5.88. The van der Waals surface area contributed by atoms with Crippen LogP contribution in [0.2, 0.25) is 5.02 Å². The summed E-state index contributed by atoms with van der Waals surface area (Å²) in [4.78, 5) is 0. The van der Waals surface area contributed by atoms with E-state index in [0.717, 1.165) is 11.6 Å². The van der Waals surface area contributed by atoms with Crippen LogP contribution < -0.4 is 10.5 Å². The maximum absolute atomic E-state index is 13.5. The Kier molecular flexibility index (Phi) is 4.35. The van der Waals surface area contributed by atoms with Crippen LogP contribution in [0.4, 0.5) is 8.78 Å². The Hall–Kier alpha value is -1.65. The fourth-order valence-corrected chi connectivity index (χ4v) is 1.83. The molecule has 2 nitrogen and oxygen atoms in total. The van der Waals surface area contributed by atoms with Crippen molar-refractivity contribution in [1.82, 2.24) is 0 Å². The summed E-state index contributed by atoms with van der Waals surface area (Å²) in [5, 5.41) is 0.451. The number of benzene rings is 2. The molecule has 0 amide bonds. The van der Waals surface area contributed by atoms with Gasteiger partial charge in [0.15, 0.2) is 11.6 Å². The van der Waals surface area contributed by atoms with Gasteiger partial charge in [-0.1, -0.05) is 23.7 Å². The molecule has 19 heavy (non-hydrogen) atoms. The molecule has 0 fully saturated rings. The van der Waals surface area contributed by atoms with Crippen molar-refractivity contribution in [3.63, 3.8) is 0 Å². The highest BCUT2D eigenvalue weighted by Crippen LogP contribution is 2.30. The zero-order chi connectivity index (χ0) is 13.8. The minimum Gasteiger partial charge on any atom is -0.454 e. The van der Waals surface area contributed by atoms with E-state index in [2.05, 4.69) is 0 Å². The largest absolute Gasteiger partial charge is 0.454 e. The van der Waals surface area contributed by atoms with Gasteiger partial charge in [0.25, 0.3) is 0 Å². The maximum Gasteiger partial charge on any atom is 0.201 e. The molecule has 0 bridgehead atoms. The van der Waals surface area contributed by atoms with Gasteiger partial charge in [0.05, 0.1) is 0 Å². The Bertz CT molecular complexity index is 590. The third kappa shape index (κ3) is 3.22. The number of hydrogen-bond donors (Lipinski definition) is 1. The number of ether oxygens (including phenoxy) is 1. The molecule has 0 heterocycles. The summed E-state index contributed by atoms with van der Waals surface area (Å²) in [5.74, 6) is -1.79. The molecule has 2 aromatic rings. The second-order valence-electron chi connectivity index (χ2n) is 3.94. The zero-order valence-electron chi connectivity index (χ0n) is 10.00. The molecule has 0 saturated heterocycles. The van der Waals surface area contributed by atoms with Gasteiger partial charge in [-0.3, -0.25) is 0 Å². The van der Waals surface area contributed by atoms with Crippen molar-refractivity contribution in [1.29, 1.82) is 0 Å². The highest BCUT2D eigenvalue weighted by Gasteiger charge is 2.12. The first-order valence-corrected chi connectivity index (χ1v) is 6.10. The molecule has 0 aliphatic heterocycles. The molecule has 0 spiro atoms. The minimum absolute atomic E-state index is 0.180. The van der Waals surface area contributed by atoms with Crippen molar-refractivity contribution in [2.45, 2.75) is 6.42 Å². The van der Waals surface area contributed by atoms with Gasteiger partial charge in [0, 0.05) is 5.02 Å². The van der Waals surface area contributed by atoms with Gasteiger partial charge in [0.1, 0.15) is 5.75 Å². The lowest BCUT2D eigenvalue weighted by atomic mass is 10.1. The summed E-state index contributed by atoms with van der Waals surface area (Å²) in [6, 6.07) is 8.76. The van der Waals surface area contributed by atoms with Gasteiger partial charge < -0.3 is 10.5 Å². The van der Waals surface area contributed by atoms with E-state index in [1.807, 2.05) is 0 Å². The monoisotopic (exact) mass is 283 g/mol. The molecule has 0 atom stereocenters. The van der Waals surface area contributed by atoms with Crippen LogP contribution in [0.1, 0.15) is 5.56 Å². The average molecular weight is 284 g/mol. The van der Waals surface area contributed by atoms with E-state index in [4.69, 9.17) is 22.1 Å². The number of hydrogen-bond acceptors (Lipinski definition) is 2. The van der Waals surface area contributed by atoms with Gasteiger partial charge >= 0.3 is 0 Å². The first-order chi connectivity index (χ1) is 9.11. The van der Waals surface area contributed by atoms with Crippen LogP contribution in [-0.4, -0.2) is 6.54 Å². The molecule has 0 aliphatic carbocycles. The second-order valence-corrected chi connectivity index (χ2v) is 4.38. The molecule has 2 aromatic carbocycles. The lowest BCUT2D eigenvalue weighted by Crippen LogP contribution is -2.04. The average Bonchev–Trinajstić information content (AvgIpc) is 2.38. The topological polar surface area (TPSA) is 35.2 Å². The Morgan fingerprint density at radius 3 is 2.63 bits per heavy atom. The number of halogens is 3. The van der Waals surface area contributed by atoms with E-state index in [1.165, 1.54) is 12.1 Å². The molecule has 0 unspecified atom stereocenters. The fourth-order valence-electron chi connectivity index (χ4n) is 1.67. The SMILES string of the molecule is NCCc1ccc(Cl)cc1Oc1cccc(F)c1F. The van der Waals surface area contributed by atoms with Crippen LogP contribution >= 0.6 is 11.6 Å². The van der Waals surface area contributed by atoms with Crippen LogP contribution in [-0.2, 0) is 6.42 Å². The van der Waals surface area contributed by atoms with E-state index in [-0.39, 0.29) is 5.75 Å². The second kappa shape index (κ2) is 5.99. The molecular formula is C14H12ClF2NO. The van der Waals surface area contributed by atoms with Crippen molar-refractivity contribution in [2.75, 3.05) is 6.54 Å². The predicted octanol–water partition coefficient (Wildman–Crippen LogP) is 3.91. The van der Waals surface area contributed by atoms with Crippen LogP contribution in [0.5, 0.6) is 11.5 Å². The molecule has 5 heteroatoms. The molecule has 0 aromatic heterocycles. The molecular weight excluding hydrogens is 272 g/mol. The van der Waals surface area contributed by atoms with E-state index in [0.29, 0.717) is 23.7 Å². The summed E-state index contributed by atoms with van der Waals surface area (Å²) < 4.78 is 32.1. The van der Waals surface area contributed by atoms with Gasteiger partial charge in [-0.2, -0.15) is 4.39 Å². The fraction of sp³-hybridized carbons (Fsp3) is 0.143. The predicted molar refractivity (Wildman–Crippen MR) is 70.6 cm³/mol. The minimum atomic E-state index is -1.03. The highest BCUT2D eigenvalue weighted by atomic mass is 35.5. The summed E-state index contributed by atoms with van der Waals surface area (Å²) in [6.45, 7) is 0.420. The van der Waals surface area contributed by atoms with E-state index in [9.17, 15) is 8.78 Å². The van der Waals surface area contributed by atoms with Gasteiger partial charge in [-0.05, 0) is 42.8 Å². The highest BCUT2D eigenvalue weighted by molar-refractivity contribution is 6.30. The van der Waals surface area contributed by atoms with Crippen molar-refractivity contribution < 1.29 is 13.5 Å². The Balaban J connectivity index is 2.36. The van der Waals surface area contributed by atoms with Gasteiger partial charge in [-0.15, -0.1) is 0 Å². The third-order valence-corrected chi connectivity index (χ3v) is 2.81. The zero-order valence-corrected chi connectivity index (χ0v) is 10.8. The number of nitrogens with two attached hydrogens (primary N) is 1. The molecule has 100 valence electrons. The molecule has 0 aliphatic rings. The first kappa shape index (κ1) is 13.8. The van der Waals surface area contributed by atoms with Crippen molar-refractivity contribution in [2.24, 2.45) is 5.73 Å². The van der Waals surface area contributed by atoms with Crippen LogP contribution in [0, 0.1) is 11.6 Å². The first-order valence-electron chi connectivity index (χ1n) is 5.72. The van der Waals surface area contributed by atoms with E-state index >= 15 is 0 Å². The molecule has 2 N–H and O–H groups in total. The van der Waals surface area contributed by atoms with Gasteiger partial charge in [0.2, 0.25) is 5.82 Å². The van der Waals surface area contributed by atoms with Crippen molar-refractivity contribution >= 4 is 11.6 Å². The van der Waals surface area contributed by atoms with Gasteiger partial charge in [-0.25, -0.2) is 4.39 Å². The maximum atomic E-state index is 13.5. The molecule has 0 radical (unpaired) electrons. The number of rotatable bonds is 4. The quantitative estimate of drug-likeness (QED) is 0.923. The molecule has 2 rings (SSSR count). The summed E-state index contributed by atoms with van der Waals surface area (Å²) in [5.41, 5.74) is 6.28. The summed E-state index contributed by atoms with van der Waals surface area (Å²) in [6.07, 6.45) is 0.559. The lowest BCUT2D eigenvalue weighted by molar-refractivity contribution is 0.413. The Labute approximate surface area is 114 Å². The van der Waals surface area contributed by atoms with Crippen molar-refractivity contribution in [3.8, 4) is 11.5 Å². The molecule has 0 saturated carbocycles. The van der Waals surface area contributed by atoms with Crippen LogP contribution in [0.3, 0.4) is 0 Å². The Morgan fingerprint density at radius 2 is 1.89 bits per heavy atom. The van der Waals surface area contributed by atoms with Crippen LogP contribution in [0.25, 0.3) is 0 Å². The van der Waals surface area contributed by atoms with Crippen LogP contribution in [0.15, 0.2) is 36.4 Å². The smallest absolute Gasteiger partial charge is 0.201 e. The van der Waals surface area contributed by atoms with E-state index in [1.54, 1.807) is 18.2 Å². The van der Waals surface area contributed by atoms with E-state index < -0.39 is 11.6 Å². The summed E-state index contributed by atoms with van der Waals surface area (Å²) in [7, 11) is 0. The standard InChI is InChI=1S/C14H12ClF2NO/c15-10-5-4-9(6-7-18)13(8-10)19-12-3-1-2-11(16)14(12)17/h1-5,8H,6-7,18H2.